The minimum atomic E-state index is -0.998. The van der Waals surface area contributed by atoms with Crippen molar-refractivity contribution < 1.29 is 14.6 Å². The van der Waals surface area contributed by atoms with Gasteiger partial charge in [-0.2, -0.15) is 0 Å². The van der Waals surface area contributed by atoms with E-state index in [0.29, 0.717) is 39.1 Å². The van der Waals surface area contributed by atoms with Crippen molar-refractivity contribution >= 4 is 50.8 Å². The van der Waals surface area contributed by atoms with Gasteiger partial charge in [-0.1, -0.05) is 39.1 Å². The summed E-state index contributed by atoms with van der Waals surface area (Å²) in [5, 5.41) is 13.2. The fourth-order valence-electron chi connectivity index (χ4n) is 1.78. The molecule has 0 saturated carbocycles. The minimum absolute atomic E-state index is 0.190. The summed E-state index contributed by atoms with van der Waals surface area (Å²) in [6.45, 7) is 0.736. The van der Waals surface area contributed by atoms with Crippen LogP contribution >= 0.6 is 39.1 Å². The first kappa shape index (κ1) is 16.9. The molecular formula is C15H12BrCl2NO3. The van der Waals surface area contributed by atoms with Crippen LogP contribution in [-0.4, -0.2) is 24.2 Å². The summed E-state index contributed by atoms with van der Waals surface area (Å²) in [5.41, 5.74) is 0.714. The summed E-state index contributed by atoms with van der Waals surface area (Å²) < 4.78 is 6.23. The number of hydrogen-bond acceptors (Lipinski definition) is 3. The van der Waals surface area contributed by atoms with Gasteiger partial charge in [0.2, 0.25) is 0 Å². The molecule has 0 atom stereocenters. The number of carbonyl (C=O) groups is 1. The van der Waals surface area contributed by atoms with Crippen LogP contribution in [0.5, 0.6) is 5.75 Å². The van der Waals surface area contributed by atoms with Crippen LogP contribution in [0.1, 0.15) is 10.4 Å². The Hall–Kier alpha value is -1.43. The fourth-order valence-corrected chi connectivity index (χ4v) is 2.48. The molecule has 0 saturated heterocycles. The van der Waals surface area contributed by atoms with E-state index in [1.54, 1.807) is 36.4 Å². The molecular weight excluding hydrogens is 393 g/mol. The second kappa shape index (κ2) is 7.72. The van der Waals surface area contributed by atoms with E-state index in [1.165, 1.54) is 0 Å². The third kappa shape index (κ3) is 4.53. The largest absolute Gasteiger partial charge is 0.490 e. The molecule has 0 aliphatic heterocycles. The van der Waals surface area contributed by atoms with Gasteiger partial charge in [-0.25, -0.2) is 4.79 Å². The lowest BCUT2D eigenvalue weighted by Gasteiger charge is -2.12. The summed E-state index contributed by atoms with van der Waals surface area (Å²) in [7, 11) is 0. The van der Waals surface area contributed by atoms with Gasteiger partial charge in [-0.05, 0) is 30.3 Å². The average Bonchev–Trinajstić information content (AvgIpc) is 2.48. The summed E-state index contributed by atoms with van der Waals surface area (Å²) in [4.78, 5) is 11.2. The zero-order valence-corrected chi connectivity index (χ0v) is 14.4. The SMILES string of the molecule is O=C(O)c1cc(Br)ccc1NCCOc1cc(Cl)ccc1Cl. The Morgan fingerprint density at radius 1 is 1.23 bits per heavy atom. The monoisotopic (exact) mass is 403 g/mol. The van der Waals surface area contributed by atoms with Crippen LogP contribution in [0, 0.1) is 0 Å². The number of ether oxygens (including phenoxy) is 1. The number of carboxylic acid groups (broad SMARTS) is 1. The first-order valence-electron chi connectivity index (χ1n) is 6.32. The Morgan fingerprint density at radius 2 is 2.00 bits per heavy atom. The van der Waals surface area contributed by atoms with Crippen LogP contribution in [-0.2, 0) is 0 Å². The molecule has 0 radical (unpaired) electrons. The van der Waals surface area contributed by atoms with E-state index in [-0.39, 0.29) is 5.56 Å². The number of hydrogen-bond donors (Lipinski definition) is 2. The topological polar surface area (TPSA) is 58.6 Å². The molecule has 0 amide bonds. The lowest BCUT2D eigenvalue weighted by Crippen LogP contribution is -2.14. The molecule has 2 aromatic carbocycles. The summed E-state index contributed by atoms with van der Waals surface area (Å²) in [6, 6.07) is 9.97. The first-order valence-corrected chi connectivity index (χ1v) is 7.87. The quantitative estimate of drug-likeness (QED) is 0.669. The Morgan fingerprint density at radius 3 is 2.73 bits per heavy atom. The maximum Gasteiger partial charge on any atom is 0.337 e. The van der Waals surface area contributed by atoms with E-state index >= 15 is 0 Å². The minimum Gasteiger partial charge on any atom is -0.490 e. The second-order valence-corrected chi connectivity index (χ2v) is 6.10. The van der Waals surface area contributed by atoms with Gasteiger partial charge in [-0.3, -0.25) is 0 Å². The van der Waals surface area contributed by atoms with Crippen molar-refractivity contribution in [2.45, 2.75) is 0 Å². The van der Waals surface area contributed by atoms with E-state index in [2.05, 4.69) is 21.2 Å². The molecule has 0 fully saturated rings. The van der Waals surface area contributed by atoms with Gasteiger partial charge in [0.25, 0.3) is 0 Å². The van der Waals surface area contributed by atoms with Crippen LogP contribution in [0.2, 0.25) is 10.0 Å². The number of nitrogens with one attached hydrogen (secondary N) is 1. The molecule has 0 heterocycles. The number of benzene rings is 2. The summed E-state index contributed by atoms with van der Waals surface area (Å²) in [6.07, 6.45) is 0. The maximum absolute atomic E-state index is 11.2. The van der Waals surface area contributed by atoms with E-state index < -0.39 is 5.97 Å². The van der Waals surface area contributed by atoms with Crippen molar-refractivity contribution in [1.82, 2.24) is 0 Å². The normalized spacial score (nSPS) is 10.3. The molecule has 0 aliphatic carbocycles. The Balaban J connectivity index is 1.94. The predicted molar refractivity (Wildman–Crippen MR) is 91.5 cm³/mol. The van der Waals surface area contributed by atoms with Crippen molar-refractivity contribution in [3.05, 3.63) is 56.5 Å². The number of halogens is 3. The van der Waals surface area contributed by atoms with Crippen LogP contribution < -0.4 is 10.1 Å². The average molecular weight is 405 g/mol. The molecule has 22 heavy (non-hydrogen) atoms. The van der Waals surface area contributed by atoms with Gasteiger partial charge in [0.15, 0.2) is 0 Å². The van der Waals surface area contributed by atoms with Crippen molar-refractivity contribution in [3.8, 4) is 5.75 Å². The lowest BCUT2D eigenvalue weighted by atomic mass is 10.2. The predicted octanol–water partition coefficient (Wildman–Crippen LogP) is 4.95. The zero-order valence-electron chi connectivity index (χ0n) is 11.3. The first-order chi connectivity index (χ1) is 10.5. The highest BCUT2D eigenvalue weighted by atomic mass is 79.9. The smallest absolute Gasteiger partial charge is 0.337 e. The van der Waals surface area contributed by atoms with Crippen molar-refractivity contribution in [2.75, 3.05) is 18.5 Å². The van der Waals surface area contributed by atoms with E-state index in [0.717, 1.165) is 0 Å². The number of rotatable bonds is 6. The van der Waals surface area contributed by atoms with E-state index in [1.807, 2.05) is 0 Å². The van der Waals surface area contributed by atoms with Gasteiger partial charge in [0.05, 0.1) is 10.6 Å². The van der Waals surface area contributed by atoms with Crippen molar-refractivity contribution in [1.29, 1.82) is 0 Å². The molecule has 116 valence electrons. The van der Waals surface area contributed by atoms with Gasteiger partial charge in [0, 0.05) is 27.8 Å². The highest BCUT2D eigenvalue weighted by Gasteiger charge is 2.10. The molecule has 4 nitrogen and oxygen atoms in total. The number of anilines is 1. The van der Waals surface area contributed by atoms with Gasteiger partial charge in [0.1, 0.15) is 12.4 Å². The third-order valence-corrected chi connectivity index (χ3v) is 3.82. The number of carboxylic acids is 1. The van der Waals surface area contributed by atoms with Crippen molar-refractivity contribution in [3.63, 3.8) is 0 Å². The van der Waals surface area contributed by atoms with Crippen LogP contribution in [0.4, 0.5) is 5.69 Å². The molecule has 2 aromatic rings. The summed E-state index contributed by atoms with van der Waals surface area (Å²) >= 11 is 15.1. The Labute approximate surface area is 146 Å². The Kier molecular flexibility index (Phi) is 5.94. The van der Waals surface area contributed by atoms with Crippen LogP contribution in [0.3, 0.4) is 0 Å². The molecule has 7 heteroatoms. The van der Waals surface area contributed by atoms with Gasteiger partial charge >= 0.3 is 5.97 Å². The molecule has 0 aromatic heterocycles. The zero-order chi connectivity index (χ0) is 16.1. The van der Waals surface area contributed by atoms with Crippen LogP contribution in [0.25, 0.3) is 0 Å². The molecule has 0 bridgehead atoms. The standard InChI is InChI=1S/C15H12BrCl2NO3/c16-9-1-4-13(11(7-9)15(20)21)19-5-6-22-14-8-10(17)2-3-12(14)18/h1-4,7-8,19H,5-6H2,(H,20,21). The Bertz CT molecular complexity index is 694. The molecule has 0 spiro atoms. The molecule has 0 aliphatic rings. The van der Waals surface area contributed by atoms with Gasteiger partial charge in [-0.15, -0.1) is 0 Å². The number of aromatic carboxylic acids is 1. The highest BCUT2D eigenvalue weighted by molar-refractivity contribution is 9.10. The highest BCUT2D eigenvalue weighted by Crippen LogP contribution is 2.27. The maximum atomic E-state index is 11.2. The summed E-state index contributed by atoms with van der Waals surface area (Å²) in [5.74, 6) is -0.507. The fraction of sp³-hybridized carbons (Fsp3) is 0.133. The van der Waals surface area contributed by atoms with Gasteiger partial charge < -0.3 is 15.2 Å². The van der Waals surface area contributed by atoms with E-state index in [4.69, 9.17) is 33.0 Å². The van der Waals surface area contributed by atoms with E-state index in [9.17, 15) is 4.79 Å². The molecule has 0 unspecified atom stereocenters. The lowest BCUT2D eigenvalue weighted by molar-refractivity contribution is 0.0698. The molecule has 2 rings (SSSR count). The second-order valence-electron chi connectivity index (χ2n) is 4.35. The van der Waals surface area contributed by atoms with Crippen LogP contribution in [0.15, 0.2) is 40.9 Å². The third-order valence-electron chi connectivity index (χ3n) is 2.78. The van der Waals surface area contributed by atoms with Crippen molar-refractivity contribution in [2.24, 2.45) is 0 Å². The molecule has 2 N–H and O–H groups in total.